The molecule has 1 saturated heterocycles. The van der Waals surface area contributed by atoms with E-state index in [0.29, 0.717) is 18.7 Å². The Morgan fingerprint density at radius 3 is 2.64 bits per heavy atom. The lowest BCUT2D eigenvalue weighted by Crippen LogP contribution is -2.47. The van der Waals surface area contributed by atoms with Gasteiger partial charge in [-0.2, -0.15) is 0 Å². The summed E-state index contributed by atoms with van der Waals surface area (Å²) in [4.78, 5) is 13.4. The molecular formula is C16H26ClN3O2. The van der Waals surface area contributed by atoms with E-state index < -0.39 is 0 Å². The molecule has 1 aliphatic rings. The predicted molar refractivity (Wildman–Crippen MR) is 91.3 cm³/mol. The summed E-state index contributed by atoms with van der Waals surface area (Å²) in [6.45, 7) is 4.07. The third kappa shape index (κ3) is 5.25. The number of nitrogens with one attached hydrogen (secondary N) is 1. The molecule has 1 aromatic rings. The van der Waals surface area contributed by atoms with Crippen LogP contribution in [0.1, 0.15) is 25.3 Å². The molecule has 2 unspecified atom stereocenters. The van der Waals surface area contributed by atoms with Gasteiger partial charge >= 0.3 is 0 Å². The molecule has 2 atom stereocenters. The molecule has 2 rings (SSSR count). The topological polar surface area (TPSA) is 67.6 Å². The van der Waals surface area contributed by atoms with E-state index in [1.165, 1.54) is 12.5 Å². The van der Waals surface area contributed by atoms with Gasteiger partial charge in [0.1, 0.15) is 0 Å². The molecule has 5 nitrogen and oxygen atoms in total. The molecule has 0 bridgehead atoms. The van der Waals surface area contributed by atoms with Crippen LogP contribution in [0.3, 0.4) is 0 Å². The van der Waals surface area contributed by atoms with Gasteiger partial charge in [-0.1, -0.05) is 12.1 Å². The van der Waals surface area contributed by atoms with Gasteiger partial charge in [0.2, 0.25) is 5.91 Å². The fraction of sp³-hybridized carbons (Fsp3) is 0.562. The van der Waals surface area contributed by atoms with Crippen molar-refractivity contribution in [3.8, 4) is 0 Å². The first kappa shape index (κ1) is 18.9. The van der Waals surface area contributed by atoms with Gasteiger partial charge in [0, 0.05) is 45.4 Å². The fourth-order valence-corrected chi connectivity index (χ4v) is 2.86. The average Bonchev–Trinajstić information content (AvgIpc) is 2.49. The van der Waals surface area contributed by atoms with E-state index in [-0.39, 0.29) is 18.3 Å². The molecule has 22 heavy (non-hydrogen) atoms. The number of hydrogen-bond donors (Lipinski definition) is 2. The summed E-state index contributed by atoms with van der Waals surface area (Å²) in [7, 11) is 1.77. The summed E-state index contributed by atoms with van der Waals surface area (Å²) >= 11 is 0. The van der Waals surface area contributed by atoms with Crippen molar-refractivity contribution in [2.45, 2.75) is 38.5 Å². The SMILES string of the molecule is COC1CCN(Cc2ccc(NC(C)=O)cc2)C(CN)C1.Cl. The van der Waals surface area contributed by atoms with Crippen LogP contribution in [0.4, 0.5) is 5.69 Å². The summed E-state index contributed by atoms with van der Waals surface area (Å²) in [5.41, 5.74) is 7.97. The van der Waals surface area contributed by atoms with Gasteiger partial charge in [-0.25, -0.2) is 0 Å². The highest BCUT2D eigenvalue weighted by Crippen LogP contribution is 2.21. The maximum atomic E-state index is 11.0. The minimum absolute atomic E-state index is 0. The van der Waals surface area contributed by atoms with Gasteiger partial charge in [-0.05, 0) is 30.5 Å². The third-order valence-corrected chi connectivity index (χ3v) is 4.06. The average molecular weight is 328 g/mol. The Bertz CT molecular complexity index is 467. The lowest BCUT2D eigenvalue weighted by molar-refractivity contribution is -0.114. The summed E-state index contributed by atoms with van der Waals surface area (Å²) in [6.07, 6.45) is 2.38. The fourth-order valence-electron chi connectivity index (χ4n) is 2.86. The van der Waals surface area contributed by atoms with Crippen molar-refractivity contribution >= 4 is 24.0 Å². The molecule has 0 aromatic heterocycles. The maximum absolute atomic E-state index is 11.0. The highest BCUT2D eigenvalue weighted by Gasteiger charge is 2.27. The predicted octanol–water partition coefficient (Wildman–Crippen LogP) is 2.00. The van der Waals surface area contributed by atoms with Crippen LogP contribution in [-0.4, -0.2) is 43.2 Å². The highest BCUT2D eigenvalue weighted by atomic mass is 35.5. The van der Waals surface area contributed by atoms with Crippen LogP contribution in [0.25, 0.3) is 0 Å². The van der Waals surface area contributed by atoms with Crippen LogP contribution in [0.5, 0.6) is 0 Å². The van der Waals surface area contributed by atoms with E-state index in [4.69, 9.17) is 10.5 Å². The number of nitrogens with two attached hydrogens (primary N) is 1. The number of rotatable bonds is 5. The van der Waals surface area contributed by atoms with Crippen molar-refractivity contribution in [1.29, 1.82) is 0 Å². The monoisotopic (exact) mass is 327 g/mol. The first-order chi connectivity index (χ1) is 10.1. The summed E-state index contributed by atoms with van der Waals surface area (Å²) < 4.78 is 5.45. The number of hydrogen-bond acceptors (Lipinski definition) is 4. The molecule has 1 aromatic carbocycles. The van der Waals surface area contributed by atoms with Gasteiger partial charge in [0.15, 0.2) is 0 Å². The number of likely N-dealkylation sites (tertiary alicyclic amines) is 1. The molecular weight excluding hydrogens is 302 g/mol. The first-order valence-electron chi connectivity index (χ1n) is 7.45. The Morgan fingerprint density at radius 2 is 2.09 bits per heavy atom. The minimum atomic E-state index is -0.0485. The van der Waals surface area contributed by atoms with E-state index in [1.807, 2.05) is 12.1 Å². The van der Waals surface area contributed by atoms with Gasteiger partial charge in [0.25, 0.3) is 0 Å². The van der Waals surface area contributed by atoms with Crippen molar-refractivity contribution in [2.75, 3.05) is 25.5 Å². The van der Waals surface area contributed by atoms with E-state index in [0.717, 1.165) is 31.6 Å². The molecule has 1 fully saturated rings. The van der Waals surface area contributed by atoms with Gasteiger partial charge in [-0.15, -0.1) is 12.4 Å². The summed E-state index contributed by atoms with van der Waals surface area (Å²) in [5, 5.41) is 2.78. The normalized spacial score (nSPS) is 22.0. The molecule has 0 radical (unpaired) electrons. The number of benzene rings is 1. The highest BCUT2D eigenvalue weighted by molar-refractivity contribution is 5.88. The molecule has 0 spiro atoms. The molecule has 1 aliphatic heterocycles. The van der Waals surface area contributed by atoms with Crippen LogP contribution >= 0.6 is 12.4 Å². The molecule has 1 heterocycles. The molecule has 0 aliphatic carbocycles. The second-order valence-electron chi connectivity index (χ2n) is 5.62. The third-order valence-electron chi connectivity index (χ3n) is 4.06. The molecule has 1 amide bonds. The van der Waals surface area contributed by atoms with E-state index in [2.05, 4.69) is 22.3 Å². The summed E-state index contributed by atoms with van der Waals surface area (Å²) in [6, 6.07) is 8.37. The Balaban J connectivity index is 0.00000242. The van der Waals surface area contributed by atoms with Crippen molar-refractivity contribution in [3.63, 3.8) is 0 Å². The van der Waals surface area contributed by atoms with Crippen LogP contribution in [-0.2, 0) is 16.1 Å². The number of halogens is 1. The molecule has 0 saturated carbocycles. The van der Waals surface area contributed by atoms with Crippen LogP contribution in [0, 0.1) is 0 Å². The van der Waals surface area contributed by atoms with E-state index >= 15 is 0 Å². The Morgan fingerprint density at radius 1 is 1.41 bits per heavy atom. The number of piperidine rings is 1. The lowest BCUT2D eigenvalue weighted by Gasteiger charge is -2.38. The number of carbonyl (C=O) groups excluding carboxylic acids is 1. The molecule has 6 heteroatoms. The molecule has 3 N–H and O–H groups in total. The lowest BCUT2D eigenvalue weighted by atomic mass is 9.98. The second kappa shape index (κ2) is 9.10. The maximum Gasteiger partial charge on any atom is 0.221 e. The van der Waals surface area contributed by atoms with Gasteiger partial charge < -0.3 is 15.8 Å². The van der Waals surface area contributed by atoms with Crippen LogP contribution in [0.2, 0.25) is 0 Å². The number of carbonyl (C=O) groups is 1. The van der Waals surface area contributed by atoms with Gasteiger partial charge in [-0.3, -0.25) is 9.69 Å². The Labute approximate surface area is 138 Å². The largest absolute Gasteiger partial charge is 0.381 e. The van der Waals surface area contributed by atoms with Crippen molar-refractivity contribution in [3.05, 3.63) is 29.8 Å². The van der Waals surface area contributed by atoms with E-state index in [9.17, 15) is 4.79 Å². The van der Waals surface area contributed by atoms with Crippen LogP contribution < -0.4 is 11.1 Å². The number of ether oxygens (including phenoxy) is 1. The Kier molecular flexibility index (Phi) is 7.82. The summed E-state index contributed by atoms with van der Waals surface area (Å²) in [5.74, 6) is -0.0485. The molecule has 124 valence electrons. The van der Waals surface area contributed by atoms with Gasteiger partial charge in [0.05, 0.1) is 6.10 Å². The zero-order valence-corrected chi connectivity index (χ0v) is 14.1. The van der Waals surface area contributed by atoms with E-state index in [1.54, 1.807) is 7.11 Å². The number of nitrogens with zero attached hydrogens (tertiary/aromatic N) is 1. The number of methoxy groups -OCH3 is 1. The number of amides is 1. The first-order valence-corrected chi connectivity index (χ1v) is 7.45. The smallest absolute Gasteiger partial charge is 0.221 e. The van der Waals surface area contributed by atoms with Crippen molar-refractivity contribution in [2.24, 2.45) is 5.73 Å². The van der Waals surface area contributed by atoms with Crippen LogP contribution in [0.15, 0.2) is 24.3 Å². The quantitative estimate of drug-likeness (QED) is 0.868. The minimum Gasteiger partial charge on any atom is -0.381 e. The zero-order valence-electron chi connectivity index (χ0n) is 13.2. The van der Waals surface area contributed by atoms with Crippen molar-refractivity contribution in [1.82, 2.24) is 4.90 Å². The zero-order chi connectivity index (χ0) is 15.2. The number of anilines is 1. The standard InChI is InChI=1S/C16H25N3O2.ClH/c1-12(20)18-14-5-3-13(4-6-14)11-19-8-7-16(21-2)9-15(19)10-17;/h3-6,15-16H,7-11,17H2,1-2H3,(H,18,20);1H. The Hall–Kier alpha value is -1.14. The van der Waals surface area contributed by atoms with Crippen molar-refractivity contribution < 1.29 is 9.53 Å². The second-order valence-corrected chi connectivity index (χ2v) is 5.62.